The highest BCUT2D eigenvalue weighted by atomic mass is 16.5. The van der Waals surface area contributed by atoms with Crippen molar-refractivity contribution in [3.05, 3.63) is 54.6 Å². The van der Waals surface area contributed by atoms with Gasteiger partial charge >= 0.3 is 6.03 Å². The van der Waals surface area contributed by atoms with Gasteiger partial charge in [-0.05, 0) is 30.3 Å². The zero-order valence-corrected chi connectivity index (χ0v) is 11.2. The number of primary amides is 1. The molecule has 2 aromatic rings. The molecular formula is C15H15N3O3. The number of benzene rings is 2. The number of amides is 3. The second-order valence-electron chi connectivity index (χ2n) is 4.22. The number of anilines is 2. The summed E-state index contributed by atoms with van der Waals surface area (Å²) in [4.78, 5) is 22.5. The smallest absolute Gasteiger partial charge is 0.316 e. The van der Waals surface area contributed by atoms with Crippen LogP contribution in [0.15, 0.2) is 54.6 Å². The van der Waals surface area contributed by atoms with Gasteiger partial charge in [-0.3, -0.25) is 4.79 Å². The normalized spacial score (nSPS) is 9.71. The Hall–Kier alpha value is -3.02. The van der Waals surface area contributed by atoms with Gasteiger partial charge < -0.3 is 21.1 Å². The Labute approximate surface area is 121 Å². The lowest BCUT2D eigenvalue weighted by molar-refractivity contribution is -0.118. The van der Waals surface area contributed by atoms with Crippen LogP contribution in [-0.2, 0) is 4.79 Å². The number of hydrogen-bond donors (Lipinski definition) is 3. The fourth-order valence-corrected chi connectivity index (χ4v) is 1.68. The van der Waals surface area contributed by atoms with E-state index in [9.17, 15) is 9.59 Å². The molecule has 0 heterocycles. The molecule has 0 fully saturated rings. The maximum absolute atomic E-state index is 11.8. The average Bonchev–Trinajstić information content (AvgIpc) is 2.46. The number of nitrogens with one attached hydrogen (secondary N) is 2. The van der Waals surface area contributed by atoms with Crippen molar-refractivity contribution in [1.29, 1.82) is 0 Å². The van der Waals surface area contributed by atoms with Gasteiger partial charge in [-0.1, -0.05) is 24.3 Å². The predicted octanol–water partition coefficient (Wildman–Crippen LogP) is 2.19. The van der Waals surface area contributed by atoms with E-state index in [1.165, 1.54) is 0 Å². The lowest BCUT2D eigenvalue weighted by Gasteiger charge is -2.09. The molecule has 6 nitrogen and oxygen atoms in total. The first-order valence-corrected chi connectivity index (χ1v) is 6.28. The number of ether oxygens (including phenoxy) is 1. The van der Waals surface area contributed by atoms with Crippen LogP contribution in [0.3, 0.4) is 0 Å². The third-order valence-corrected chi connectivity index (χ3v) is 2.53. The molecule has 0 aliphatic heterocycles. The van der Waals surface area contributed by atoms with Crippen molar-refractivity contribution < 1.29 is 14.3 Å². The second kappa shape index (κ2) is 6.95. The van der Waals surface area contributed by atoms with Gasteiger partial charge in [0.2, 0.25) is 0 Å². The van der Waals surface area contributed by atoms with Gasteiger partial charge in [-0.2, -0.15) is 0 Å². The van der Waals surface area contributed by atoms with Crippen LogP contribution < -0.4 is 21.1 Å². The van der Waals surface area contributed by atoms with Crippen molar-refractivity contribution >= 4 is 23.3 Å². The third kappa shape index (κ3) is 4.87. The van der Waals surface area contributed by atoms with E-state index in [1.807, 2.05) is 18.2 Å². The summed E-state index contributed by atoms with van der Waals surface area (Å²) in [5.74, 6) is 0.326. The number of hydrogen-bond acceptors (Lipinski definition) is 3. The Morgan fingerprint density at radius 3 is 2.29 bits per heavy atom. The topological polar surface area (TPSA) is 93.5 Å². The van der Waals surface area contributed by atoms with Crippen LogP contribution in [0.5, 0.6) is 5.75 Å². The maximum Gasteiger partial charge on any atom is 0.316 e. The quantitative estimate of drug-likeness (QED) is 0.786. The molecule has 0 aromatic heterocycles. The number of carbonyl (C=O) groups excluding carboxylic acids is 2. The van der Waals surface area contributed by atoms with E-state index in [0.29, 0.717) is 17.1 Å². The van der Waals surface area contributed by atoms with Crippen molar-refractivity contribution in [2.75, 3.05) is 17.2 Å². The molecule has 0 unspecified atom stereocenters. The van der Waals surface area contributed by atoms with Gasteiger partial charge in [0.15, 0.2) is 6.61 Å². The first-order valence-electron chi connectivity index (χ1n) is 6.28. The van der Waals surface area contributed by atoms with Crippen molar-refractivity contribution in [1.82, 2.24) is 0 Å². The van der Waals surface area contributed by atoms with Gasteiger partial charge in [0.05, 0.1) is 0 Å². The highest BCUT2D eigenvalue weighted by molar-refractivity contribution is 5.93. The molecule has 2 aromatic carbocycles. The van der Waals surface area contributed by atoms with Gasteiger partial charge in [-0.25, -0.2) is 4.79 Å². The van der Waals surface area contributed by atoms with Gasteiger partial charge in [0.1, 0.15) is 5.75 Å². The summed E-state index contributed by atoms with van der Waals surface area (Å²) in [6, 6.07) is 15.1. The van der Waals surface area contributed by atoms with Crippen LogP contribution in [0.1, 0.15) is 0 Å². The van der Waals surface area contributed by atoms with E-state index in [4.69, 9.17) is 10.5 Å². The summed E-state index contributed by atoms with van der Waals surface area (Å²) in [5, 5.41) is 5.10. The molecular weight excluding hydrogens is 270 g/mol. The Bertz CT molecular complexity index is 629. The molecule has 0 saturated heterocycles. The van der Waals surface area contributed by atoms with E-state index in [1.54, 1.807) is 36.4 Å². The molecule has 0 saturated carbocycles. The largest absolute Gasteiger partial charge is 0.484 e. The van der Waals surface area contributed by atoms with Crippen molar-refractivity contribution in [3.8, 4) is 5.75 Å². The number of urea groups is 1. The predicted molar refractivity (Wildman–Crippen MR) is 80.2 cm³/mol. The minimum Gasteiger partial charge on any atom is -0.484 e. The number of para-hydroxylation sites is 1. The summed E-state index contributed by atoms with van der Waals surface area (Å²) in [7, 11) is 0. The lowest BCUT2D eigenvalue weighted by atomic mass is 10.2. The molecule has 0 radical (unpaired) electrons. The first kappa shape index (κ1) is 14.4. The van der Waals surface area contributed by atoms with Crippen LogP contribution in [0, 0.1) is 0 Å². The minimum absolute atomic E-state index is 0.0997. The van der Waals surface area contributed by atoms with Gasteiger partial charge in [-0.15, -0.1) is 0 Å². The Morgan fingerprint density at radius 2 is 1.62 bits per heavy atom. The van der Waals surface area contributed by atoms with E-state index in [-0.39, 0.29) is 12.5 Å². The zero-order chi connectivity index (χ0) is 15.1. The average molecular weight is 285 g/mol. The number of nitrogens with two attached hydrogens (primary N) is 1. The molecule has 0 bridgehead atoms. The van der Waals surface area contributed by atoms with Crippen LogP contribution in [-0.4, -0.2) is 18.5 Å². The van der Waals surface area contributed by atoms with Gasteiger partial charge in [0, 0.05) is 11.4 Å². The van der Waals surface area contributed by atoms with Crippen molar-refractivity contribution in [2.24, 2.45) is 5.73 Å². The summed E-state index contributed by atoms with van der Waals surface area (Å²) in [6.45, 7) is -0.0997. The fourth-order valence-electron chi connectivity index (χ4n) is 1.68. The summed E-state index contributed by atoms with van der Waals surface area (Å²) in [6.07, 6.45) is 0. The Balaban J connectivity index is 1.89. The van der Waals surface area contributed by atoms with Crippen LogP contribution in [0.25, 0.3) is 0 Å². The summed E-state index contributed by atoms with van der Waals surface area (Å²) >= 11 is 0. The zero-order valence-electron chi connectivity index (χ0n) is 11.2. The minimum atomic E-state index is -0.661. The lowest BCUT2D eigenvalue weighted by Crippen LogP contribution is -2.21. The Morgan fingerprint density at radius 1 is 0.952 bits per heavy atom. The molecule has 0 aliphatic rings. The van der Waals surface area contributed by atoms with E-state index >= 15 is 0 Å². The molecule has 4 N–H and O–H groups in total. The standard InChI is InChI=1S/C15H15N3O3/c16-15(20)18-12-6-4-5-11(9-12)17-14(19)10-21-13-7-2-1-3-8-13/h1-9H,10H2,(H,17,19)(H3,16,18,20). The Kier molecular flexibility index (Phi) is 4.76. The monoisotopic (exact) mass is 285 g/mol. The third-order valence-electron chi connectivity index (χ3n) is 2.53. The molecule has 3 amide bonds. The van der Waals surface area contributed by atoms with E-state index < -0.39 is 6.03 Å². The SMILES string of the molecule is NC(=O)Nc1cccc(NC(=O)COc2ccccc2)c1. The van der Waals surface area contributed by atoms with E-state index in [0.717, 1.165) is 0 Å². The number of carbonyl (C=O) groups is 2. The summed E-state index contributed by atoms with van der Waals surface area (Å²) < 4.78 is 5.33. The van der Waals surface area contributed by atoms with Crippen LogP contribution in [0.2, 0.25) is 0 Å². The highest BCUT2D eigenvalue weighted by Crippen LogP contribution is 2.15. The highest BCUT2D eigenvalue weighted by Gasteiger charge is 2.04. The first-order chi connectivity index (χ1) is 10.1. The molecule has 21 heavy (non-hydrogen) atoms. The van der Waals surface area contributed by atoms with Crippen LogP contribution >= 0.6 is 0 Å². The fraction of sp³-hybridized carbons (Fsp3) is 0.0667. The maximum atomic E-state index is 11.8. The molecule has 108 valence electrons. The molecule has 0 atom stereocenters. The van der Waals surface area contributed by atoms with E-state index in [2.05, 4.69) is 10.6 Å². The number of rotatable bonds is 5. The van der Waals surface area contributed by atoms with Crippen molar-refractivity contribution in [2.45, 2.75) is 0 Å². The molecule has 2 rings (SSSR count). The summed E-state index contributed by atoms with van der Waals surface area (Å²) in [5.41, 5.74) is 6.08. The second-order valence-corrected chi connectivity index (χ2v) is 4.22. The molecule has 0 spiro atoms. The van der Waals surface area contributed by atoms with Crippen molar-refractivity contribution in [3.63, 3.8) is 0 Å². The molecule has 6 heteroatoms. The van der Waals surface area contributed by atoms with Crippen LogP contribution in [0.4, 0.5) is 16.2 Å². The van der Waals surface area contributed by atoms with Gasteiger partial charge in [0.25, 0.3) is 5.91 Å². The molecule has 0 aliphatic carbocycles.